The van der Waals surface area contributed by atoms with Crippen LogP contribution in [-0.4, -0.2) is 23.1 Å². The summed E-state index contributed by atoms with van der Waals surface area (Å²) < 4.78 is 33.9. The molecule has 0 unspecified atom stereocenters. The lowest BCUT2D eigenvalue weighted by Crippen LogP contribution is -2.09. The van der Waals surface area contributed by atoms with E-state index in [1.165, 1.54) is 18.5 Å². The largest absolute Gasteiger partial charge is 0.494 e. The lowest BCUT2D eigenvalue weighted by atomic mass is 10.1. The smallest absolute Gasteiger partial charge is 0.130 e. The summed E-state index contributed by atoms with van der Waals surface area (Å²) in [5.41, 5.74) is 2.32. The van der Waals surface area contributed by atoms with Gasteiger partial charge in [0, 0.05) is 33.8 Å². The fourth-order valence-electron chi connectivity index (χ4n) is 2.97. The van der Waals surface area contributed by atoms with Crippen molar-refractivity contribution >= 4 is 21.7 Å². The Bertz CT molecular complexity index is 1060. The molecule has 0 amide bonds. The molecule has 0 saturated carbocycles. The van der Waals surface area contributed by atoms with E-state index in [9.17, 15) is 8.78 Å². The fourth-order valence-corrected chi connectivity index (χ4v) is 3.38. The van der Waals surface area contributed by atoms with Crippen LogP contribution < -0.4 is 10.1 Å². The van der Waals surface area contributed by atoms with Gasteiger partial charge in [-0.05, 0) is 31.5 Å². The number of hydrogen-bond donors (Lipinski definition) is 1. The molecule has 8 heteroatoms. The van der Waals surface area contributed by atoms with Gasteiger partial charge in [0.15, 0.2) is 0 Å². The minimum atomic E-state index is -0.590. The van der Waals surface area contributed by atoms with Crippen LogP contribution in [0, 0.1) is 23.0 Å². The van der Waals surface area contributed by atoms with Gasteiger partial charge in [-0.1, -0.05) is 28.1 Å². The SMILES string of the molecule is CCOc1cc(-c2cc(NCCc3c(F)cc(Br)cc3F)ncn2)ccc1CC#N. The number of benzene rings is 2. The van der Waals surface area contributed by atoms with Crippen LogP contribution in [0.2, 0.25) is 0 Å². The van der Waals surface area contributed by atoms with Gasteiger partial charge in [-0.3, -0.25) is 0 Å². The van der Waals surface area contributed by atoms with Crippen molar-refractivity contribution in [1.82, 2.24) is 9.97 Å². The second kappa shape index (κ2) is 10.1. The first-order valence-corrected chi connectivity index (χ1v) is 10.1. The van der Waals surface area contributed by atoms with Crippen LogP contribution in [0.4, 0.5) is 14.6 Å². The van der Waals surface area contributed by atoms with Crippen LogP contribution in [0.3, 0.4) is 0 Å². The number of nitrogens with one attached hydrogen (secondary N) is 1. The molecule has 0 aliphatic heterocycles. The molecule has 0 atom stereocenters. The zero-order chi connectivity index (χ0) is 21.5. The molecule has 30 heavy (non-hydrogen) atoms. The molecule has 3 rings (SSSR count). The molecule has 0 spiro atoms. The van der Waals surface area contributed by atoms with Gasteiger partial charge in [0.2, 0.25) is 0 Å². The summed E-state index contributed by atoms with van der Waals surface area (Å²) in [5, 5.41) is 12.0. The van der Waals surface area contributed by atoms with E-state index in [-0.39, 0.29) is 18.4 Å². The van der Waals surface area contributed by atoms with Crippen molar-refractivity contribution in [3.63, 3.8) is 0 Å². The van der Waals surface area contributed by atoms with Gasteiger partial charge >= 0.3 is 0 Å². The molecule has 2 aromatic carbocycles. The molecule has 0 aliphatic carbocycles. The zero-order valence-electron chi connectivity index (χ0n) is 16.3. The van der Waals surface area contributed by atoms with Crippen molar-refractivity contribution < 1.29 is 13.5 Å². The molecule has 3 aromatic rings. The highest BCUT2D eigenvalue weighted by Crippen LogP contribution is 2.27. The van der Waals surface area contributed by atoms with Gasteiger partial charge < -0.3 is 10.1 Å². The Hall–Kier alpha value is -3.05. The van der Waals surface area contributed by atoms with Crippen molar-refractivity contribution in [1.29, 1.82) is 5.26 Å². The van der Waals surface area contributed by atoms with Gasteiger partial charge in [0.05, 0.1) is 24.8 Å². The molecule has 0 aliphatic rings. The van der Waals surface area contributed by atoms with Crippen LogP contribution in [-0.2, 0) is 12.8 Å². The first kappa shape index (κ1) is 21.7. The molecule has 0 radical (unpaired) electrons. The highest BCUT2D eigenvalue weighted by molar-refractivity contribution is 9.10. The maximum atomic E-state index is 14.0. The van der Waals surface area contributed by atoms with Crippen LogP contribution in [0.5, 0.6) is 5.75 Å². The Morgan fingerprint density at radius 3 is 2.60 bits per heavy atom. The van der Waals surface area contributed by atoms with Crippen molar-refractivity contribution in [2.45, 2.75) is 19.8 Å². The van der Waals surface area contributed by atoms with Crippen LogP contribution in [0.1, 0.15) is 18.1 Å². The topological polar surface area (TPSA) is 70.8 Å². The van der Waals surface area contributed by atoms with Gasteiger partial charge in [0.1, 0.15) is 29.5 Å². The standard InChI is InChI=1S/C22H19BrF2N4O/c1-2-30-21-9-15(4-3-14(21)5-7-26)20-12-22(29-13-28-20)27-8-6-17-18(24)10-16(23)11-19(17)25/h3-4,9-13H,2,5-6,8H2,1H3,(H,27,28,29). The Kier molecular flexibility index (Phi) is 7.31. The minimum Gasteiger partial charge on any atom is -0.494 e. The fraction of sp³-hybridized carbons (Fsp3) is 0.227. The second-order valence-corrected chi connectivity index (χ2v) is 7.32. The number of aromatic nitrogens is 2. The Morgan fingerprint density at radius 2 is 1.90 bits per heavy atom. The summed E-state index contributed by atoms with van der Waals surface area (Å²) in [5.74, 6) is 0.00350. The number of ether oxygens (including phenoxy) is 1. The molecule has 154 valence electrons. The summed E-state index contributed by atoms with van der Waals surface area (Å²) in [6.07, 6.45) is 1.85. The highest BCUT2D eigenvalue weighted by Gasteiger charge is 2.11. The lowest BCUT2D eigenvalue weighted by molar-refractivity contribution is 0.337. The molecule has 1 N–H and O–H groups in total. The predicted octanol–water partition coefficient (Wildman–Crippen LogP) is 5.30. The van der Waals surface area contributed by atoms with Crippen molar-refractivity contribution in [2.75, 3.05) is 18.5 Å². The number of nitriles is 1. The third-order valence-corrected chi connectivity index (χ3v) is 4.84. The maximum absolute atomic E-state index is 14.0. The van der Waals surface area contributed by atoms with E-state index in [0.717, 1.165) is 11.1 Å². The van der Waals surface area contributed by atoms with Gasteiger partial charge in [-0.15, -0.1) is 0 Å². The monoisotopic (exact) mass is 472 g/mol. The van der Waals surface area contributed by atoms with Crippen molar-refractivity contribution in [3.05, 3.63) is 70.0 Å². The van der Waals surface area contributed by atoms with E-state index in [2.05, 4.69) is 37.3 Å². The molecule has 0 fully saturated rings. The normalized spacial score (nSPS) is 10.5. The van der Waals surface area contributed by atoms with E-state index in [1.54, 1.807) is 6.07 Å². The molecular weight excluding hydrogens is 454 g/mol. The number of anilines is 1. The van der Waals surface area contributed by atoms with Crippen LogP contribution >= 0.6 is 15.9 Å². The quantitative estimate of drug-likeness (QED) is 0.481. The number of nitrogens with zero attached hydrogens (tertiary/aromatic N) is 3. The Morgan fingerprint density at radius 1 is 1.13 bits per heavy atom. The lowest BCUT2D eigenvalue weighted by Gasteiger charge is -2.11. The number of halogens is 3. The average molecular weight is 473 g/mol. The van der Waals surface area contributed by atoms with E-state index in [0.29, 0.717) is 34.9 Å². The molecule has 5 nitrogen and oxygen atoms in total. The highest BCUT2D eigenvalue weighted by atomic mass is 79.9. The van der Waals surface area contributed by atoms with Crippen LogP contribution in [0.15, 0.2) is 47.2 Å². The summed E-state index contributed by atoms with van der Waals surface area (Å²) >= 11 is 3.07. The summed E-state index contributed by atoms with van der Waals surface area (Å²) in [7, 11) is 0. The maximum Gasteiger partial charge on any atom is 0.130 e. The van der Waals surface area contributed by atoms with Gasteiger partial charge in [-0.25, -0.2) is 18.7 Å². The van der Waals surface area contributed by atoms with Crippen molar-refractivity contribution in [3.8, 4) is 23.1 Å². The van der Waals surface area contributed by atoms with E-state index < -0.39 is 11.6 Å². The first-order valence-electron chi connectivity index (χ1n) is 9.34. The molecule has 0 bridgehead atoms. The van der Waals surface area contributed by atoms with Crippen molar-refractivity contribution in [2.24, 2.45) is 0 Å². The van der Waals surface area contributed by atoms with Crippen LogP contribution in [0.25, 0.3) is 11.3 Å². The first-order chi connectivity index (χ1) is 14.5. The number of rotatable bonds is 8. The summed E-state index contributed by atoms with van der Waals surface area (Å²) in [6, 6.07) is 11.9. The average Bonchev–Trinajstić information content (AvgIpc) is 2.72. The Labute approximate surface area is 181 Å². The zero-order valence-corrected chi connectivity index (χ0v) is 17.8. The van der Waals surface area contributed by atoms with E-state index in [4.69, 9.17) is 10.00 Å². The van der Waals surface area contributed by atoms with E-state index >= 15 is 0 Å². The Balaban J connectivity index is 1.74. The molecular formula is C22H19BrF2N4O. The van der Waals surface area contributed by atoms with Gasteiger partial charge in [-0.2, -0.15) is 5.26 Å². The summed E-state index contributed by atoms with van der Waals surface area (Å²) in [6.45, 7) is 2.67. The second-order valence-electron chi connectivity index (χ2n) is 6.40. The van der Waals surface area contributed by atoms with Gasteiger partial charge in [0.25, 0.3) is 0 Å². The third kappa shape index (κ3) is 5.30. The summed E-state index contributed by atoms with van der Waals surface area (Å²) in [4.78, 5) is 8.46. The van der Waals surface area contributed by atoms with E-state index in [1.807, 2.05) is 25.1 Å². The number of hydrogen-bond acceptors (Lipinski definition) is 5. The molecule has 1 heterocycles. The molecule has 0 saturated heterocycles. The predicted molar refractivity (Wildman–Crippen MR) is 114 cm³/mol. The third-order valence-electron chi connectivity index (χ3n) is 4.39. The molecule has 1 aromatic heterocycles. The minimum absolute atomic E-state index is 0.0226.